The lowest BCUT2D eigenvalue weighted by Gasteiger charge is -2.25. The van der Waals surface area contributed by atoms with Crippen molar-refractivity contribution in [1.29, 1.82) is 0 Å². The molecule has 8 nitrogen and oxygen atoms in total. The van der Waals surface area contributed by atoms with E-state index in [1.807, 2.05) is 49.4 Å². The molecule has 0 saturated carbocycles. The average molecular weight is 464 g/mol. The van der Waals surface area contributed by atoms with Gasteiger partial charge in [0.2, 0.25) is 0 Å². The van der Waals surface area contributed by atoms with Crippen molar-refractivity contribution in [3.63, 3.8) is 0 Å². The van der Waals surface area contributed by atoms with Gasteiger partial charge in [0, 0.05) is 26.5 Å². The number of aliphatic hydroxyl groups is 1. The topological polar surface area (TPSA) is 93.4 Å². The maximum atomic E-state index is 13.3. The number of pyridine rings is 1. The van der Waals surface area contributed by atoms with Gasteiger partial charge in [0.1, 0.15) is 17.1 Å². The standard InChI is InChI=1S/C26H29N3O5/c1-4-14-34-19-10-7-9-18(16-19)23-21(25(31)26(32)29(23)13-8-15-33-3)24(30)22-17(2)27-20-11-5-6-12-28(20)22/h5-7,9-12,16,23,30H,4,8,13-15H2,1-3H3/b24-21+. The summed E-state index contributed by atoms with van der Waals surface area (Å²) in [4.78, 5) is 32.4. The van der Waals surface area contributed by atoms with E-state index in [1.54, 1.807) is 24.6 Å². The number of carbonyl (C=O) groups excluding carboxylic acids is 2. The third-order valence-electron chi connectivity index (χ3n) is 5.86. The molecule has 1 saturated heterocycles. The lowest BCUT2D eigenvalue weighted by molar-refractivity contribution is -0.140. The zero-order valence-electron chi connectivity index (χ0n) is 19.7. The Balaban J connectivity index is 1.87. The summed E-state index contributed by atoms with van der Waals surface area (Å²) < 4.78 is 12.7. The number of likely N-dealkylation sites (tertiary alicyclic amines) is 1. The largest absolute Gasteiger partial charge is 0.505 e. The van der Waals surface area contributed by atoms with E-state index in [-0.39, 0.29) is 11.3 Å². The first-order chi connectivity index (χ1) is 16.5. The van der Waals surface area contributed by atoms with E-state index >= 15 is 0 Å². The number of amides is 1. The van der Waals surface area contributed by atoms with Crippen LogP contribution in [0, 0.1) is 6.92 Å². The van der Waals surface area contributed by atoms with Gasteiger partial charge in [0.25, 0.3) is 11.7 Å². The lowest BCUT2D eigenvalue weighted by atomic mass is 9.96. The molecule has 0 spiro atoms. The van der Waals surface area contributed by atoms with E-state index in [0.29, 0.717) is 54.5 Å². The van der Waals surface area contributed by atoms with Crippen LogP contribution in [0.5, 0.6) is 5.75 Å². The first-order valence-electron chi connectivity index (χ1n) is 11.4. The Labute approximate surface area is 198 Å². The van der Waals surface area contributed by atoms with Gasteiger partial charge in [0.15, 0.2) is 5.76 Å². The molecule has 3 heterocycles. The molecule has 0 aliphatic carbocycles. The highest BCUT2D eigenvalue weighted by Crippen LogP contribution is 2.40. The van der Waals surface area contributed by atoms with Crippen LogP contribution in [-0.4, -0.2) is 57.9 Å². The smallest absolute Gasteiger partial charge is 0.295 e. The number of aliphatic hydroxyl groups excluding tert-OH is 1. The molecule has 8 heteroatoms. The van der Waals surface area contributed by atoms with Crippen molar-refractivity contribution in [2.45, 2.75) is 32.7 Å². The summed E-state index contributed by atoms with van der Waals surface area (Å²) in [5, 5.41) is 11.5. The Morgan fingerprint density at radius 3 is 2.74 bits per heavy atom. The summed E-state index contributed by atoms with van der Waals surface area (Å²) in [7, 11) is 1.59. The van der Waals surface area contributed by atoms with Crippen molar-refractivity contribution in [1.82, 2.24) is 14.3 Å². The Bertz CT molecular complexity index is 1250. The number of benzene rings is 1. The van der Waals surface area contributed by atoms with Crippen LogP contribution >= 0.6 is 0 Å². The van der Waals surface area contributed by atoms with Gasteiger partial charge in [-0.2, -0.15) is 0 Å². The molecule has 1 fully saturated rings. The van der Waals surface area contributed by atoms with E-state index in [2.05, 4.69) is 4.98 Å². The van der Waals surface area contributed by atoms with E-state index in [4.69, 9.17) is 9.47 Å². The highest BCUT2D eigenvalue weighted by Gasteiger charge is 2.46. The molecule has 4 rings (SSSR count). The molecular formula is C26H29N3O5. The third-order valence-corrected chi connectivity index (χ3v) is 5.86. The second-order valence-corrected chi connectivity index (χ2v) is 8.23. The first kappa shape index (κ1) is 23.5. The molecule has 1 unspecified atom stereocenters. The van der Waals surface area contributed by atoms with Gasteiger partial charge in [-0.25, -0.2) is 4.98 Å². The number of ether oxygens (including phenoxy) is 2. The number of imidazole rings is 1. The van der Waals surface area contributed by atoms with Crippen LogP contribution in [0.3, 0.4) is 0 Å². The van der Waals surface area contributed by atoms with Crippen molar-refractivity contribution in [3.8, 4) is 5.75 Å². The van der Waals surface area contributed by atoms with Gasteiger partial charge in [-0.3, -0.25) is 14.0 Å². The maximum absolute atomic E-state index is 13.3. The summed E-state index contributed by atoms with van der Waals surface area (Å²) in [6.07, 6.45) is 3.18. The summed E-state index contributed by atoms with van der Waals surface area (Å²) >= 11 is 0. The second kappa shape index (κ2) is 10.1. The molecule has 1 aromatic carbocycles. The Hall–Kier alpha value is -3.65. The third kappa shape index (κ3) is 4.28. The van der Waals surface area contributed by atoms with Gasteiger partial charge in [-0.15, -0.1) is 0 Å². The molecule has 1 aliphatic rings. The van der Waals surface area contributed by atoms with Gasteiger partial charge in [0.05, 0.1) is 23.9 Å². The van der Waals surface area contributed by atoms with Crippen molar-refractivity contribution in [2.24, 2.45) is 0 Å². The zero-order valence-corrected chi connectivity index (χ0v) is 19.7. The zero-order chi connectivity index (χ0) is 24.2. The normalized spacial score (nSPS) is 17.6. The van der Waals surface area contributed by atoms with Crippen LogP contribution in [-0.2, 0) is 14.3 Å². The summed E-state index contributed by atoms with van der Waals surface area (Å²) in [5.41, 5.74) is 2.34. The monoisotopic (exact) mass is 463 g/mol. The van der Waals surface area contributed by atoms with Crippen LogP contribution in [0.2, 0.25) is 0 Å². The Morgan fingerprint density at radius 1 is 1.15 bits per heavy atom. The van der Waals surface area contributed by atoms with Crippen molar-refractivity contribution < 1.29 is 24.2 Å². The Kier molecular flexibility index (Phi) is 6.98. The minimum absolute atomic E-state index is 0.0452. The van der Waals surface area contributed by atoms with Gasteiger partial charge in [-0.05, 0) is 49.6 Å². The van der Waals surface area contributed by atoms with Crippen LogP contribution in [0.15, 0.2) is 54.2 Å². The van der Waals surface area contributed by atoms with Crippen LogP contribution < -0.4 is 4.74 Å². The summed E-state index contributed by atoms with van der Waals surface area (Å²) in [5.74, 6) is -0.958. The van der Waals surface area contributed by atoms with E-state index in [9.17, 15) is 14.7 Å². The van der Waals surface area contributed by atoms with Gasteiger partial charge < -0.3 is 19.5 Å². The molecular weight excluding hydrogens is 434 g/mol. The first-order valence-corrected chi connectivity index (χ1v) is 11.4. The van der Waals surface area contributed by atoms with E-state index in [1.165, 1.54) is 4.90 Å². The number of Topliss-reactive ketones (excluding diaryl/α,β-unsaturated/α-hetero) is 1. The van der Waals surface area contributed by atoms with Crippen LogP contribution in [0.25, 0.3) is 11.4 Å². The SMILES string of the molecule is CCCOc1cccc(C2/C(=C(\O)c3c(C)nc4ccccn34)C(=O)C(=O)N2CCCOC)c1. The fourth-order valence-corrected chi connectivity index (χ4v) is 4.36. The van der Waals surface area contributed by atoms with Crippen molar-refractivity contribution >= 4 is 23.1 Å². The number of aryl methyl sites for hydroxylation is 1. The number of aromatic nitrogens is 2. The number of rotatable bonds is 9. The molecule has 1 aliphatic heterocycles. The maximum Gasteiger partial charge on any atom is 0.295 e. The summed E-state index contributed by atoms with van der Waals surface area (Å²) in [6, 6.07) is 12.1. The van der Waals surface area contributed by atoms with Crippen molar-refractivity contribution in [3.05, 3.63) is 71.2 Å². The number of nitrogens with zero attached hydrogens (tertiary/aromatic N) is 3. The molecule has 34 heavy (non-hydrogen) atoms. The summed E-state index contributed by atoms with van der Waals surface area (Å²) in [6.45, 7) is 5.10. The molecule has 2 aromatic heterocycles. The van der Waals surface area contributed by atoms with Crippen LogP contribution in [0.4, 0.5) is 0 Å². The lowest BCUT2D eigenvalue weighted by Crippen LogP contribution is -2.31. The van der Waals surface area contributed by atoms with E-state index < -0.39 is 17.7 Å². The second-order valence-electron chi connectivity index (χ2n) is 8.23. The number of hydrogen-bond donors (Lipinski definition) is 1. The molecule has 1 N–H and O–H groups in total. The average Bonchev–Trinajstić information content (AvgIpc) is 3.31. The number of methoxy groups -OCH3 is 1. The fourth-order valence-electron chi connectivity index (χ4n) is 4.36. The van der Waals surface area contributed by atoms with Crippen molar-refractivity contribution in [2.75, 3.05) is 26.9 Å². The molecule has 0 bridgehead atoms. The Morgan fingerprint density at radius 2 is 1.97 bits per heavy atom. The number of hydrogen-bond acceptors (Lipinski definition) is 6. The van der Waals surface area contributed by atoms with E-state index in [0.717, 1.165) is 6.42 Å². The number of carbonyl (C=O) groups is 2. The van der Waals surface area contributed by atoms with Gasteiger partial charge in [-0.1, -0.05) is 25.1 Å². The minimum atomic E-state index is -0.754. The predicted octanol–water partition coefficient (Wildman–Crippen LogP) is 3.89. The fraction of sp³-hybridized carbons (Fsp3) is 0.346. The minimum Gasteiger partial charge on any atom is -0.505 e. The molecule has 3 aromatic rings. The number of ketones is 1. The highest BCUT2D eigenvalue weighted by atomic mass is 16.5. The predicted molar refractivity (Wildman–Crippen MR) is 128 cm³/mol. The molecule has 178 valence electrons. The highest BCUT2D eigenvalue weighted by molar-refractivity contribution is 6.46. The molecule has 0 radical (unpaired) electrons. The quantitative estimate of drug-likeness (QED) is 0.224. The number of fused-ring (bicyclic) bond motifs is 1. The van der Waals surface area contributed by atoms with Gasteiger partial charge >= 0.3 is 0 Å². The molecule has 1 atom stereocenters. The molecule has 1 amide bonds. The van der Waals surface area contributed by atoms with Crippen LogP contribution in [0.1, 0.15) is 42.8 Å².